The second-order valence-electron chi connectivity index (χ2n) is 3.75. The molecule has 0 amide bonds. The summed E-state index contributed by atoms with van der Waals surface area (Å²) in [6.45, 7) is 2.56. The Morgan fingerprint density at radius 1 is 1.50 bits per heavy atom. The Morgan fingerprint density at radius 3 is 2.78 bits per heavy atom. The fourth-order valence-corrected chi connectivity index (χ4v) is 1.64. The molecule has 0 aliphatic carbocycles. The molecule has 0 aliphatic rings. The molecular formula is C12H16ClN3OS. The smallest absolute Gasteiger partial charge is 0.187 e. The van der Waals surface area contributed by atoms with E-state index in [0.717, 1.165) is 5.56 Å². The summed E-state index contributed by atoms with van der Waals surface area (Å²) in [6, 6.07) is 7.50. The number of benzene rings is 1. The number of hydrogen-bond acceptors (Lipinski definition) is 3. The predicted molar refractivity (Wildman–Crippen MR) is 79.3 cm³/mol. The number of thiocarbonyl (C=S) groups is 1. The maximum absolute atomic E-state index is 5.78. The zero-order valence-electron chi connectivity index (χ0n) is 10.3. The van der Waals surface area contributed by atoms with E-state index in [2.05, 4.69) is 15.8 Å². The van der Waals surface area contributed by atoms with Crippen LogP contribution in [0.4, 0.5) is 0 Å². The van der Waals surface area contributed by atoms with Gasteiger partial charge in [0.25, 0.3) is 0 Å². The van der Waals surface area contributed by atoms with Gasteiger partial charge in [-0.05, 0) is 36.8 Å². The maximum Gasteiger partial charge on any atom is 0.187 e. The zero-order valence-corrected chi connectivity index (χ0v) is 11.9. The van der Waals surface area contributed by atoms with Crippen LogP contribution in [0.2, 0.25) is 5.02 Å². The summed E-state index contributed by atoms with van der Waals surface area (Å²) in [4.78, 5) is 0. The van der Waals surface area contributed by atoms with Gasteiger partial charge in [0, 0.05) is 18.2 Å². The molecule has 0 radical (unpaired) electrons. The summed E-state index contributed by atoms with van der Waals surface area (Å²) in [5, 5.41) is 8.22. The summed E-state index contributed by atoms with van der Waals surface area (Å²) in [5.41, 5.74) is 3.68. The molecule has 1 aromatic carbocycles. The molecule has 2 N–H and O–H groups in total. The Morgan fingerprint density at radius 2 is 2.17 bits per heavy atom. The third kappa shape index (κ3) is 5.95. The molecule has 0 saturated heterocycles. The quantitative estimate of drug-likeness (QED) is 0.494. The minimum absolute atomic E-state index is 0.140. The topological polar surface area (TPSA) is 45.6 Å². The van der Waals surface area contributed by atoms with Crippen molar-refractivity contribution in [2.24, 2.45) is 5.10 Å². The number of hydrogen-bond donors (Lipinski definition) is 2. The number of nitrogens with one attached hydrogen (secondary N) is 2. The number of halogens is 1. The van der Waals surface area contributed by atoms with Crippen LogP contribution in [-0.2, 0) is 4.74 Å². The second kappa shape index (κ2) is 8.02. The van der Waals surface area contributed by atoms with Crippen LogP contribution in [0.3, 0.4) is 0 Å². The molecule has 0 unspecified atom stereocenters. The first-order chi connectivity index (χ1) is 8.61. The lowest BCUT2D eigenvalue weighted by atomic mass is 10.2. The third-order valence-electron chi connectivity index (χ3n) is 2.04. The van der Waals surface area contributed by atoms with Crippen molar-refractivity contribution in [2.45, 2.75) is 13.0 Å². The molecule has 0 spiro atoms. The number of nitrogens with zero attached hydrogens (tertiary/aromatic N) is 1. The minimum Gasteiger partial charge on any atom is -0.383 e. The standard InChI is InChI=1S/C12H16ClN3OS/c1-9(8-17-2)15-12(18)16-14-7-10-3-5-11(13)6-4-10/h3-7,9H,8H2,1-2H3,(H2,15,16,18)/b14-7-/t9-/m1/s1. The van der Waals surface area contributed by atoms with E-state index >= 15 is 0 Å². The van der Waals surface area contributed by atoms with Gasteiger partial charge in [0.1, 0.15) is 0 Å². The van der Waals surface area contributed by atoms with E-state index in [4.69, 9.17) is 28.6 Å². The molecule has 1 atom stereocenters. The molecular weight excluding hydrogens is 270 g/mol. The number of hydrazone groups is 1. The maximum atomic E-state index is 5.78. The van der Waals surface area contributed by atoms with Crippen LogP contribution in [0.5, 0.6) is 0 Å². The summed E-state index contributed by atoms with van der Waals surface area (Å²) < 4.78 is 4.99. The highest BCUT2D eigenvalue weighted by atomic mass is 35.5. The first-order valence-corrected chi connectivity index (χ1v) is 6.24. The van der Waals surface area contributed by atoms with Gasteiger partial charge >= 0.3 is 0 Å². The van der Waals surface area contributed by atoms with Crippen molar-refractivity contribution < 1.29 is 4.74 Å². The molecule has 0 aliphatic heterocycles. The molecule has 6 heteroatoms. The van der Waals surface area contributed by atoms with Crippen LogP contribution in [0.1, 0.15) is 12.5 Å². The van der Waals surface area contributed by atoms with Crippen LogP contribution in [-0.4, -0.2) is 31.1 Å². The van der Waals surface area contributed by atoms with E-state index in [0.29, 0.717) is 16.7 Å². The first kappa shape index (κ1) is 14.9. The van der Waals surface area contributed by atoms with Gasteiger partial charge in [0.2, 0.25) is 0 Å². The highest BCUT2D eigenvalue weighted by Gasteiger charge is 2.01. The van der Waals surface area contributed by atoms with Gasteiger partial charge in [0.05, 0.1) is 12.8 Å². The fourth-order valence-electron chi connectivity index (χ4n) is 1.26. The Kier molecular flexibility index (Phi) is 6.64. The van der Waals surface area contributed by atoms with Gasteiger partial charge in [-0.3, -0.25) is 5.43 Å². The van der Waals surface area contributed by atoms with E-state index in [1.165, 1.54) is 0 Å². The largest absolute Gasteiger partial charge is 0.383 e. The van der Waals surface area contributed by atoms with Crippen LogP contribution >= 0.6 is 23.8 Å². The van der Waals surface area contributed by atoms with Crippen molar-refractivity contribution >= 4 is 35.1 Å². The van der Waals surface area contributed by atoms with Crippen molar-refractivity contribution in [1.82, 2.24) is 10.7 Å². The normalized spacial score (nSPS) is 12.4. The van der Waals surface area contributed by atoms with Crippen molar-refractivity contribution in [3.8, 4) is 0 Å². The summed E-state index contributed by atoms with van der Waals surface area (Å²) >= 11 is 10.8. The molecule has 0 saturated carbocycles. The Hall–Kier alpha value is -1.17. The van der Waals surface area contributed by atoms with Crippen molar-refractivity contribution in [2.75, 3.05) is 13.7 Å². The van der Waals surface area contributed by atoms with Crippen molar-refractivity contribution in [3.05, 3.63) is 34.9 Å². The summed E-state index contributed by atoms with van der Waals surface area (Å²) in [5.74, 6) is 0. The van der Waals surface area contributed by atoms with Crippen LogP contribution in [0.15, 0.2) is 29.4 Å². The van der Waals surface area contributed by atoms with Crippen LogP contribution in [0.25, 0.3) is 0 Å². The molecule has 0 aromatic heterocycles. The Balaban J connectivity index is 2.35. The van der Waals surface area contributed by atoms with Gasteiger partial charge in [-0.2, -0.15) is 5.10 Å². The highest BCUT2D eigenvalue weighted by molar-refractivity contribution is 7.80. The van der Waals surface area contributed by atoms with Gasteiger partial charge < -0.3 is 10.1 Å². The summed E-state index contributed by atoms with van der Waals surface area (Å²) in [7, 11) is 1.65. The molecule has 98 valence electrons. The van der Waals surface area contributed by atoms with Crippen molar-refractivity contribution in [1.29, 1.82) is 0 Å². The highest BCUT2D eigenvalue weighted by Crippen LogP contribution is 2.07. The van der Waals surface area contributed by atoms with E-state index in [-0.39, 0.29) is 6.04 Å². The monoisotopic (exact) mass is 285 g/mol. The minimum atomic E-state index is 0.140. The fraction of sp³-hybridized carbons (Fsp3) is 0.333. The van der Waals surface area contributed by atoms with Crippen molar-refractivity contribution in [3.63, 3.8) is 0 Å². The lowest BCUT2D eigenvalue weighted by molar-refractivity contribution is 0.179. The van der Waals surface area contributed by atoms with E-state index in [1.807, 2.05) is 19.1 Å². The third-order valence-corrected chi connectivity index (χ3v) is 2.50. The van der Waals surface area contributed by atoms with E-state index in [9.17, 15) is 0 Å². The Labute approximate surface area is 117 Å². The molecule has 0 fully saturated rings. The molecule has 0 bridgehead atoms. The lowest BCUT2D eigenvalue weighted by Crippen LogP contribution is -2.40. The van der Waals surface area contributed by atoms with Crippen LogP contribution < -0.4 is 10.7 Å². The number of rotatable bonds is 5. The first-order valence-electron chi connectivity index (χ1n) is 5.46. The zero-order chi connectivity index (χ0) is 13.4. The average Bonchev–Trinajstić information content (AvgIpc) is 2.32. The Bertz CT molecular complexity index is 408. The molecule has 1 aromatic rings. The second-order valence-corrected chi connectivity index (χ2v) is 4.60. The SMILES string of the molecule is COC[C@@H](C)NC(=S)N/N=C\c1ccc(Cl)cc1. The predicted octanol–water partition coefficient (Wildman–Crippen LogP) is 2.17. The summed E-state index contributed by atoms with van der Waals surface area (Å²) in [6.07, 6.45) is 1.67. The van der Waals surface area contributed by atoms with Crippen LogP contribution in [0, 0.1) is 0 Å². The van der Waals surface area contributed by atoms with E-state index in [1.54, 1.807) is 25.5 Å². The molecule has 18 heavy (non-hydrogen) atoms. The average molecular weight is 286 g/mol. The van der Waals surface area contributed by atoms with E-state index < -0.39 is 0 Å². The lowest BCUT2D eigenvalue weighted by Gasteiger charge is -2.13. The molecule has 0 heterocycles. The van der Waals surface area contributed by atoms with Gasteiger partial charge in [-0.1, -0.05) is 23.7 Å². The van der Waals surface area contributed by atoms with Gasteiger partial charge in [-0.15, -0.1) is 0 Å². The van der Waals surface area contributed by atoms with Gasteiger partial charge in [-0.25, -0.2) is 0 Å². The van der Waals surface area contributed by atoms with Gasteiger partial charge in [0.15, 0.2) is 5.11 Å². The molecule has 1 rings (SSSR count). The molecule has 4 nitrogen and oxygen atoms in total. The number of methoxy groups -OCH3 is 1. The number of ether oxygens (including phenoxy) is 1.